The summed E-state index contributed by atoms with van der Waals surface area (Å²) in [7, 11) is 0. The first-order chi connectivity index (χ1) is 22.8. The molecular weight excluding hydrogens is 564 g/mol. The van der Waals surface area contributed by atoms with Crippen LogP contribution in [-0.2, 0) is 0 Å². The van der Waals surface area contributed by atoms with Crippen molar-refractivity contribution in [3.05, 3.63) is 158 Å². The molecule has 46 heavy (non-hydrogen) atoms. The van der Waals surface area contributed by atoms with Gasteiger partial charge in [0.05, 0.1) is 22.2 Å². The Kier molecular flexibility index (Phi) is 6.03. The highest BCUT2D eigenvalue weighted by Crippen LogP contribution is 2.44. The summed E-state index contributed by atoms with van der Waals surface area (Å²) in [6.45, 7) is 0. The van der Waals surface area contributed by atoms with Crippen LogP contribution in [0.1, 0.15) is 0 Å². The van der Waals surface area contributed by atoms with Crippen molar-refractivity contribution in [3.63, 3.8) is 0 Å². The quantitative estimate of drug-likeness (QED) is 0.200. The highest BCUT2D eigenvalue weighted by Gasteiger charge is 2.25. The van der Waals surface area contributed by atoms with Gasteiger partial charge in [-0.25, -0.2) is 9.97 Å². The van der Waals surface area contributed by atoms with E-state index in [-0.39, 0.29) is 0 Å². The monoisotopic (exact) mass is 590 g/mol. The van der Waals surface area contributed by atoms with Gasteiger partial charge in [-0.15, -0.1) is 0 Å². The molecule has 0 radical (unpaired) electrons. The number of hydrogen-bond donors (Lipinski definition) is 0. The molecule has 9 rings (SSSR count). The lowest BCUT2D eigenvalue weighted by Crippen LogP contribution is -2.08. The highest BCUT2D eigenvalue weighted by atomic mass is 15.2. The van der Waals surface area contributed by atoms with Crippen LogP contribution in [0.25, 0.3) is 78.7 Å². The molecule has 0 N–H and O–H groups in total. The molecule has 0 aliphatic rings. The van der Waals surface area contributed by atoms with Crippen molar-refractivity contribution in [1.82, 2.24) is 28.9 Å². The molecule has 0 saturated heterocycles. The minimum Gasteiger partial charge on any atom is -0.300 e. The van der Waals surface area contributed by atoms with Gasteiger partial charge in [0.25, 0.3) is 0 Å². The smallest absolute Gasteiger partial charge is 0.238 e. The number of rotatable bonds is 5. The van der Waals surface area contributed by atoms with E-state index in [9.17, 15) is 0 Å². The minimum absolute atomic E-state index is 0.548. The van der Waals surface area contributed by atoms with Crippen molar-refractivity contribution in [2.45, 2.75) is 0 Å². The standard InChI is InChI=1S/C40H26N6/c1-5-15-27(16-6-1)36-31-25-32-34(45-24-14-13-23-35(45)41-32)26-33(31)46(37(36)28-17-7-2-8-18-28)40-43-38(29-19-9-3-10-20-29)42-39(44-40)30-21-11-4-12-22-30/h1-26H. The van der Waals surface area contributed by atoms with Gasteiger partial charge in [-0.1, -0.05) is 127 Å². The largest absolute Gasteiger partial charge is 0.300 e. The van der Waals surface area contributed by atoms with Crippen molar-refractivity contribution in [2.75, 3.05) is 0 Å². The van der Waals surface area contributed by atoms with E-state index in [0.29, 0.717) is 17.6 Å². The van der Waals surface area contributed by atoms with E-state index in [2.05, 4.69) is 81.9 Å². The van der Waals surface area contributed by atoms with E-state index in [1.807, 2.05) is 84.9 Å². The lowest BCUT2D eigenvalue weighted by molar-refractivity contribution is 0.938. The van der Waals surface area contributed by atoms with E-state index in [1.54, 1.807) is 0 Å². The normalized spacial score (nSPS) is 11.5. The number of benzene rings is 5. The van der Waals surface area contributed by atoms with Gasteiger partial charge in [-0.2, -0.15) is 9.97 Å². The number of fused-ring (bicyclic) bond motifs is 4. The molecule has 0 unspecified atom stereocenters. The zero-order valence-corrected chi connectivity index (χ0v) is 24.7. The number of pyridine rings is 1. The van der Waals surface area contributed by atoms with Crippen LogP contribution in [-0.4, -0.2) is 28.9 Å². The third-order valence-electron chi connectivity index (χ3n) is 8.39. The second kappa shape index (κ2) is 10.6. The second-order valence-electron chi connectivity index (χ2n) is 11.2. The Balaban J connectivity index is 1.46. The molecule has 9 aromatic rings. The molecule has 216 valence electrons. The van der Waals surface area contributed by atoms with E-state index >= 15 is 0 Å². The van der Waals surface area contributed by atoms with Gasteiger partial charge in [0.1, 0.15) is 5.65 Å². The number of aromatic nitrogens is 6. The first-order valence-corrected chi connectivity index (χ1v) is 15.3. The fourth-order valence-electron chi connectivity index (χ4n) is 6.32. The average molecular weight is 591 g/mol. The van der Waals surface area contributed by atoms with Gasteiger partial charge in [0.15, 0.2) is 11.6 Å². The highest BCUT2D eigenvalue weighted by molar-refractivity contribution is 6.10. The summed E-state index contributed by atoms with van der Waals surface area (Å²) in [5.74, 6) is 1.77. The minimum atomic E-state index is 0.548. The number of hydrogen-bond acceptors (Lipinski definition) is 4. The van der Waals surface area contributed by atoms with Crippen molar-refractivity contribution in [1.29, 1.82) is 0 Å². The number of imidazole rings is 1. The molecule has 0 fully saturated rings. The topological polar surface area (TPSA) is 60.9 Å². The van der Waals surface area contributed by atoms with Crippen molar-refractivity contribution >= 4 is 27.6 Å². The Labute approximate surface area is 264 Å². The van der Waals surface area contributed by atoms with Crippen molar-refractivity contribution < 1.29 is 0 Å². The Hall–Kier alpha value is -6.40. The lowest BCUT2D eigenvalue weighted by atomic mass is 9.98. The summed E-state index contributed by atoms with van der Waals surface area (Å²) in [4.78, 5) is 20.4. The van der Waals surface area contributed by atoms with Crippen LogP contribution in [0, 0.1) is 0 Å². The predicted octanol–water partition coefficient (Wildman–Crippen LogP) is 9.28. The fraction of sp³-hybridized carbons (Fsp3) is 0. The molecule has 0 aliphatic carbocycles. The maximum Gasteiger partial charge on any atom is 0.238 e. The van der Waals surface area contributed by atoms with Gasteiger partial charge < -0.3 is 0 Å². The molecule has 0 aliphatic heterocycles. The fourth-order valence-corrected chi connectivity index (χ4v) is 6.32. The number of nitrogens with zero attached hydrogens (tertiary/aromatic N) is 6. The summed E-state index contributed by atoms with van der Waals surface area (Å²) >= 11 is 0. The molecule has 0 atom stereocenters. The van der Waals surface area contributed by atoms with E-state index < -0.39 is 0 Å². The summed E-state index contributed by atoms with van der Waals surface area (Å²) in [5, 5.41) is 1.07. The zero-order chi connectivity index (χ0) is 30.5. The first-order valence-electron chi connectivity index (χ1n) is 15.3. The molecule has 0 saturated carbocycles. The molecular formula is C40H26N6. The van der Waals surface area contributed by atoms with Crippen LogP contribution in [0.5, 0.6) is 0 Å². The summed E-state index contributed by atoms with van der Waals surface area (Å²) in [6, 6.07) is 51.8. The Morgan fingerprint density at radius 3 is 1.59 bits per heavy atom. The molecule has 4 heterocycles. The molecule has 5 aromatic carbocycles. The van der Waals surface area contributed by atoms with Crippen LogP contribution < -0.4 is 0 Å². The summed E-state index contributed by atoms with van der Waals surface area (Å²) < 4.78 is 4.34. The van der Waals surface area contributed by atoms with Crippen LogP contribution in [0.3, 0.4) is 0 Å². The predicted molar refractivity (Wildman–Crippen MR) is 185 cm³/mol. The van der Waals surface area contributed by atoms with Crippen molar-refractivity contribution in [3.8, 4) is 51.1 Å². The molecule has 0 spiro atoms. The third kappa shape index (κ3) is 4.27. The van der Waals surface area contributed by atoms with Crippen LogP contribution >= 0.6 is 0 Å². The maximum atomic E-state index is 5.19. The molecule has 6 nitrogen and oxygen atoms in total. The van der Waals surface area contributed by atoms with E-state index in [4.69, 9.17) is 19.9 Å². The molecule has 0 amide bonds. The van der Waals surface area contributed by atoms with Gasteiger partial charge in [0.2, 0.25) is 5.95 Å². The van der Waals surface area contributed by atoms with Gasteiger partial charge in [-0.05, 0) is 35.4 Å². The molecule has 6 heteroatoms. The lowest BCUT2D eigenvalue weighted by Gasteiger charge is -2.14. The first kappa shape index (κ1) is 26.0. The van der Waals surface area contributed by atoms with E-state index in [0.717, 1.165) is 61.1 Å². The molecule has 4 aromatic heterocycles. The Morgan fingerprint density at radius 2 is 0.978 bits per heavy atom. The Morgan fingerprint density at radius 1 is 0.435 bits per heavy atom. The zero-order valence-electron chi connectivity index (χ0n) is 24.7. The van der Waals surface area contributed by atoms with Crippen LogP contribution in [0.15, 0.2) is 158 Å². The van der Waals surface area contributed by atoms with Gasteiger partial charge >= 0.3 is 0 Å². The van der Waals surface area contributed by atoms with Gasteiger partial charge in [0, 0.05) is 28.3 Å². The maximum absolute atomic E-state index is 5.19. The summed E-state index contributed by atoms with van der Waals surface area (Å²) in [6.07, 6.45) is 2.06. The Bertz CT molecular complexity index is 2440. The summed E-state index contributed by atoms with van der Waals surface area (Å²) in [5.41, 5.74) is 9.96. The van der Waals surface area contributed by atoms with Gasteiger partial charge in [-0.3, -0.25) is 8.97 Å². The van der Waals surface area contributed by atoms with E-state index in [1.165, 1.54) is 0 Å². The van der Waals surface area contributed by atoms with Crippen molar-refractivity contribution in [2.24, 2.45) is 0 Å². The SMILES string of the molecule is c1ccc(-c2nc(-c3ccccc3)nc(-n3c(-c4ccccc4)c(-c4ccccc4)c4cc5nc6ccccn6c5cc43)n2)cc1. The average Bonchev–Trinajstić information content (AvgIpc) is 3.67. The third-order valence-corrected chi connectivity index (χ3v) is 8.39. The second-order valence-corrected chi connectivity index (χ2v) is 11.2. The van der Waals surface area contributed by atoms with Crippen LogP contribution in [0.2, 0.25) is 0 Å². The molecule has 0 bridgehead atoms. The van der Waals surface area contributed by atoms with Crippen LogP contribution in [0.4, 0.5) is 0 Å².